The molecule has 0 heterocycles. The lowest BCUT2D eigenvalue weighted by Crippen LogP contribution is -2.37. The second kappa shape index (κ2) is 7.29. The number of aromatic carboxylic acids is 1. The van der Waals surface area contributed by atoms with E-state index >= 15 is 0 Å². The number of aryl methyl sites for hydroxylation is 1. The molecule has 1 rings (SSSR count). The summed E-state index contributed by atoms with van der Waals surface area (Å²) >= 11 is 0. The lowest BCUT2D eigenvalue weighted by molar-refractivity contribution is 0.0696. The van der Waals surface area contributed by atoms with Gasteiger partial charge in [-0.05, 0) is 44.5 Å². The van der Waals surface area contributed by atoms with Gasteiger partial charge in [0.25, 0.3) is 0 Å². The largest absolute Gasteiger partial charge is 0.478 e. The van der Waals surface area contributed by atoms with Gasteiger partial charge in [0.05, 0.1) is 17.6 Å². The summed E-state index contributed by atoms with van der Waals surface area (Å²) in [6.07, 6.45) is 0. The quantitative estimate of drug-likeness (QED) is 0.871. The van der Waals surface area contributed by atoms with Gasteiger partial charge in [-0.3, -0.25) is 0 Å². The van der Waals surface area contributed by atoms with Crippen LogP contribution < -0.4 is 5.32 Å². The first-order chi connectivity index (χ1) is 9.88. The maximum absolute atomic E-state index is 12.1. The maximum atomic E-state index is 12.1. The number of benzene rings is 1. The topological polar surface area (TPSA) is 93.4 Å². The van der Waals surface area contributed by atoms with E-state index in [9.17, 15) is 9.59 Å². The molecule has 2 N–H and O–H groups in total. The average Bonchev–Trinajstić information content (AvgIpc) is 2.43. The van der Waals surface area contributed by atoms with Gasteiger partial charge < -0.3 is 15.3 Å². The molecule has 0 aliphatic carbocycles. The summed E-state index contributed by atoms with van der Waals surface area (Å²) in [5.41, 5.74) is 1.32. The van der Waals surface area contributed by atoms with Gasteiger partial charge in [-0.15, -0.1) is 0 Å². The van der Waals surface area contributed by atoms with Crippen molar-refractivity contribution in [2.45, 2.75) is 20.8 Å². The smallest absolute Gasteiger partial charge is 0.335 e. The van der Waals surface area contributed by atoms with E-state index in [1.165, 1.54) is 11.0 Å². The van der Waals surface area contributed by atoms with Gasteiger partial charge in [-0.1, -0.05) is 0 Å². The molecular formula is C15H19N3O3. The van der Waals surface area contributed by atoms with E-state index in [1.807, 2.05) is 6.92 Å². The highest BCUT2D eigenvalue weighted by Crippen LogP contribution is 2.16. The Morgan fingerprint density at radius 2 is 2.14 bits per heavy atom. The molecule has 1 unspecified atom stereocenters. The van der Waals surface area contributed by atoms with Gasteiger partial charge in [0.15, 0.2) is 0 Å². The molecular weight excluding hydrogens is 270 g/mol. The summed E-state index contributed by atoms with van der Waals surface area (Å²) in [4.78, 5) is 24.6. The van der Waals surface area contributed by atoms with Crippen LogP contribution in [0.3, 0.4) is 0 Å². The molecule has 0 saturated heterocycles. The van der Waals surface area contributed by atoms with Crippen molar-refractivity contribution in [3.63, 3.8) is 0 Å². The molecule has 0 aliphatic heterocycles. The Labute approximate surface area is 124 Å². The molecule has 0 spiro atoms. The minimum Gasteiger partial charge on any atom is -0.478 e. The lowest BCUT2D eigenvalue weighted by Gasteiger charge is -2.22. The van der Waals surface area contributed by atoms with E-state index in [1.54, 1.807) is 26.0 Å². The second-order valence-corrected chi connectivity index (χ2v) is 4.83. The molecule has 21 heavy (non-hydrogen) atoms. The molecule has 2 amide bonds. The maximum Gasteiger partial charge on any atom is 0.335 e. The third-order valence-corrected chi connectivity index (χ3v) is 3.09. The molecule has 0 aromatic heterocycles. The molecule has 0 aliphatic rings. The molecule has 1 aromatic rings. The summed E-state index contributed by atoms with van der Waals surface area (Å²) in [6.45, 7) is 6.10. The van der Waals surface area contributed by atoms with Gasteiger partial charge in [0.2, 0.25) is 0 Å². The van der Waals surface area contributed by atoms with Gasteiger partial charge in [-0.25, -0.2) is 9.59 Å². The normalized spacial score (nSPS) is 11.3. The van der Waals surface area contributed by atoms with Crippen molar-refractivity contribution in [3.05, 3.63) is 29.3 Å². The van der Waals surface area contributed by atoms with Crippen LogP contribution >= 0.6 is 0 Å². The first-order valence-corrected chi connectivity index (χ1v) is 6.68. The van der Waals surface area contributed by atoms with Gasteiger partial charge >= 0.3 is 12.0 Å². The Kier molecular flexibility index (Phi) is 5.73. The van der Waals surface area contributed by atoms with Crippen LogP contribution in [-0.2, 0) is 0 Å². The molecule has 0 saturated carbocycles. The summed E-state index contributed by atoms with van der Waals surface area (Å²) < 4.78 is 0. The van der Waals surface area contributed by atoms with Crippen LogP contribution in [0.4, 0.5) is 10.5 Å². The monoisotopic (exact) mass is 289 g/mol. The van der Waals surface area contributed by atoms with Crippen LogP contribution in [0.5, 0.6) is 0 Å². The number of urea groups is 1. The second-order valence-electron chi connectivity index (χ2n) is 4.83. The fourth-order valence-corrected chi connectivity index (χ4v) is 1.91. The van der Waals surface area contributed by atoms with E-state index < -0.39 is 5.97 Å². The predicted molar refractivity (Wildman–Crippen MR) is 79.2 cm³/mol. The number of rotatable bonds is 5. The molecule has 0 radical (unpaired) electrons. The molecule has 1 aromatic carbocycles. The van der Waals surface area contributed by atoms with Crippen molar-refractivity contribution in [1.82, 2.24) is 4.90 Å². The standard InChI is InChI=1S/C15H19N3O3/c1-4-18(9-10(2)8-16)15(21)17-12-5-6-13(14(19)20)11(3)7-12/h5-7,10H,4,9H2,1-3H3,(H,17,21)(H,19,20). The van der Waals surface area contributed by atoms with E-state index in [-0.39, 0.29) is 17.5 Å². The van der Waals surface area contributed by atoms with Crippen LogP contribution in [0, 0.1) is 24.2 Å². The van der Waals surface area contributed by atoms with Gasteiger partial charge in [0.1, 0.15) is 0 Å². The number of hydrogen-bond acceptors (Lipinski definition) is 3. The Balaban J connectivity index is 2.80. The number of nitrogens with one attached hydrogen (secondary N) is 1. The van der Waals surface area contributed by atoms with Crippen LogP contribution in [0.25, 0.3) is 0 Å². The van der Waals surface area contributed by atoms with E-state index in [0.717, 1.165) is 0 Å². The van der Waals surface area contributed by atoms with Gasteiger partial charge in [0, 0.05) is 18.8 Å². The minimum atomic E-state index is -0.997. The highest BCUT2D eigenvalue weighted by atomic mass is 16.4. The lowest BCUT2D eigenvalue weighted by atomic mass is 10.1. The number of carbonyl (C=O) groups is 2. The van der Waals surface area contributed by atoms with Crippen LogP contribution in [0.15, 0.2) is 18.2 Å². The number of anilines is 1. The Morgan fingerprint density at radius 3 is 2.62 bits per heavy atom. The van der Waals surface area contributed by atoms with Crippen molar-refractivity contribution >= 4 is 17.7 Å². The van der Waals surface area contributed by atoms with Crippen molar-refractivity contribution in [1.29, 1.82) is 5.26 Å². The van der Waals surface area contributed by atoms with Crippen molar-refractivity contribution in [2.24, 2.45) is 5.92 Å². The molecule has 112 valence electrons. The number of nitriles is 1. The third-order valence-electron chi connectivity index (χ3n) is 3.09. The summed E-state index contributed by atoms with van der Waals surface area (Å²) in [5.74, 6) is -1.24. The number of carbonyl (C=O) groups excluding carboxylic acids is 1. The number of carboxylic acids is 1. The summed E-state index contributed by atoms with van der Waals surface area (Å²) in [6, 6.07) is 6.41. The number of amides is 2. The zero-order valence-electron chi connectivity index (χ0n) is 12.4. The van der Waals surface area contributed by atoms with Crippen molar-refractivity contribution in [3.8, 4) is 6.07 Å². The predicted octanol–water partition coefficient (Wildman–Crippen LogP) is 2.71. The Bertz CT molecular complexity index is 578. The third kappa shape index (κ3) is 4.49. The number of carboxylic acid groups (broad SMARTS) is 1. The fourth-order valence-electron chi connectivity index (χ4n) is 1.91. The highest BCUT2D eigenvalue weighted by Gasteiger charge is 2.15. The van der Waals surface area contributed by atoms with E-state index in [4.69, 9.17) is 10.4 Å². The molecule has 0 fully saturated rings. The van der Waals surface area contributed by atoms with Crippen LogP contribution in [0.1, 0.15) is 29.8 Å². The number of hydrogen-bond donors (Lipinski definition) is 2. The zero-order valence-corrected chi connectivity index (χ0v) is 12.4. The SMILES string of the molecule is CCN(CC(C)C#N)C(=O)Nc1ccc(C(=O)O)c(C)c1. The van der Waals surface area contributed by atoms with Crippen LogP contribution in [-0.4, -0.2) is 35.1 Å². The van der Waals surface area contributed by atoms with Crippen molar-refractivity contribution in [2.75, 3.05) is 18.4 Å². The van der Waals surface area contributed by atoms with Crippen molar-refractivity contribution < 1.29 is 14.7 Å². The van der Waals surface area contributed by atoms with E-state index in [0.29, 0.717) is 24.3 Å². The Morgan fingerprint density at radius 1 is 1.48 bits per heavy atom. The summed E-state index contributed by atoms with van der Waals surface area (Å²) in [7, 11) is 0. The summed E-state index contributed by atoms with van der Waals surface area (Å²) in [5, 5.41) is 20.5. The molecule has 6 heteroatoms. The fraction of sp³-hybridized carbons (Fsp3) is 0.400. The highest BCUT2D eigenvalue weighted by molar-refractivity contribution is 5.92. The van der Waals surface area contributed by atoms with Gasteiger partial charge in [-0.2, -0.15) is 5.26 Å². The molecule has 6 nitrogen and oxygen atoms in total. The average molecular weight is 289 g/mol. The molecule has 0 bridgehead atoms. The first-order valence-electron chi connectivity index (χ1n) is 6.68. The minimum absolute atomic E-state index is 0.207. The Hall–Kier alpha value is -2.55. The zero-order chi connectivity index (χ0) is 16.0. The molecule has 1 atom stereocenters. The first kappa shape index (κ1) is 16.5. The van der Waals surface area contributed by atoms with Crippen LogP contribution in [0.2, 0.25) is 0 Å². The van der Waals surface area contributed by atoms with E-state index in [2.05, 4.69) is 11.4 Å². The number of nitrogens with zero attached hydrogens (tertiary/aromatic N) is 2.